The lowest BCUT2D eigenvalue weighted by Gasteiger charge is -2.19. The zero-order valence-electron chi connectivity index (χ0n) is 14.7. The standard InChI is InChI=1S/C15H31F3N4O/c1-13(2)6-10-23-11-8-21-14(19-3)20-7-5-9-22(4)12-15(16,17)18/h13H,5-12H2,1-4H3,(H2,19,20,21). The molecule has 5 nitrogen and oxygen atoms in total. The SMILES string of the molecule is CN=C(NCCCN(C)CC(F)(F)F)NCCOCCC(C)C. The number of ether oxygens (including phenoxy) is 1. The van der Waals surface area contributed by atoms with Crippen molar-refractivity contribution in [3.8, 4) is 0 Å². The van der Waals surface area contributed by atoms with Gasteiger partial charge in [-0.25, -0.2) is 0 Å². The van der Waals surface area contributed by atoms with Crippen LogP contribution in [0.2, 0.25) is 0 Å². The maximum Gasteiger partial charge on any atom is 0.401 e. The molecule has 2 N–H and O–H groups in total. The van der Waals surface area contributed by atoms with Crippen molar-refractivity contribution in [2.75, 3.05) is 53.5 Å². The Morgan fingerprint density at radius 3 is 2.39 bits per heavy atom. The van der Waals surface area contributed by atoms with Crippen LogP contribution in [0.1, 0.15) is 26.7 Å². The minimum Gasteiger partial charge on any atom is -0.380 e. The molecule has 0 fully saturated rings. The van der Waals surface area contributed by atoms with Gasteiger partial charge in [-0.1, -0.05) is 13.8 Å². The minimum absolute atomic E-state index is 0.377. The molecule has 23 heavy (non-hydrogen) atoms. The molecule has 0 aliphatic heterocycles. The zero-order chi connectivity index (χ0) is 17.7. The number of nitrogens with zero attached hydrogens (tertiary/aromatic N) is 2. The first-order chi connectivity index (χ1) is 10.7. The van der Waals surface area contributed by atoms with E-state index in [-0.39, 0.29) is 0 Å². The predicted molar refractivity (Wildman–Crippen MR) is 87.8 cm³/mol. The average Bonchev–Trinajstić information content (AvgIpc) is 2.42. The number of guanidine groups is 1. The first-order valence-corrected chi connectivity index (χ1v) is 8.02. The molecular weight excluding hydrogens is 309 g/mol. The minimum atomic E-state index is -4.14. The van der Waals surface area contributed by atoms with Crippen LogP contribution >= 0.6 is 0 Å². The normalized spacial score (nSPS) is 13.0. The Hall–Kier alpha value is -1.02. The summed E-state index contributed by atoms with van der Waals surface area (Å²) in [5.74, 6) is 1.27. The Labute approximate surface area is 137 Å². The van der Waals surface area contributed by atoms with E-state index in [1.165, 1.54) is 11.9 Å². The largest absolute Gasteiger partial charge is 0.401 e. The molecule has 0 aromatic heterocycles. The summed E-state index contributed by atoms with van der Waals surface area (Å²) in [6.07, 6.45) is -2.49. The van der Waals surface area contributed by atoms with Crippen molar-refractivity contribution in [2.45, 2.75) is 32.9 Å². The number of hydrogen-bond acceptors (Lipinski definition) is 3. The molecular formula is C15H31F3N4O. The van der Waals surface area contributed by atoms with E-state index in [1.54, 1.807) is 7.05 Å². The van der Waals surface area contributed by atoms with Crippen LogP contribution in [0.25, 0.3) is 0 Å². The van der Waals surface area contributed by atoms with E-state index in [9.17, 15) is 13.2 Å². The fraction of sp³-hybridized carbons (Fsp3) is 0.933. The van der Waals surface area contributed by atoms with Crippen molar-refractivity contribution >= 4 is 5.96 Å². The average molecular weight is 340 g/mol. The van der Waals surface area contributed by atoms with Crippen molar-refractivity contribution in [1.82, 2.24) is 15.5 Å². The van der Waals surface area contributed by atoms with Crippen LogP contribution in [-0.4, -0.2) is 70.5 Å². The Morgan fingerprint density at radius 1 is 1.17 bits per heavy atom. The molecule has 0 saturated heterocycles. The summed E-state index contributed by atoms with van der Waals surface area (Å²) in [6, 6.07) is 0. The summed E-state index contributed by atoms with van der Waals surface area (Å²) >= 11 is 0. The van der Waals surface area contributed by atoms with Gasteiger partial charge in [-0.05, 0) is 32.4 Å². The first-order valence-electron chi connectivity index (χ1n) is 8.02. The Balaban J connectivity index is 3.63. The molecule has 0 aliphatic rings. The molecule has 0 rings (SSSR count). The fourth-order valence-electron chi connectivity index (χ4n) is 1.82. The second-order valence-electron chi connectivity index (χ2n) is 5.93. The molecule has 0 atom stereocenters. The highest BCUT2D eigenvalue weighted by atomic mass is 19.4. The molecule has 0 heterocycles. The van der Waals surface area contributed by atoms with Gasteiger partial charge >= 0.3 is 6.18 Å². The summed E-state index contributed by atoms with van der Waals surface area (Å²) in [5.41, 5.74) is 0. The number of halogens is 3. The number of rotatable bonds is 11. The van der Waals surface area contributed by atoms with Gasteiger partial charge in [-0.2, -0.15) is 13.2 Å². The van der Waals surface area contributed by atoms with E-state index in [4.69, 9.17) is 4.74 Å². The smallest absolute Gasteiger partial charge is 0.380 e. The van der Waals surface area contributed by atoms with E-state index in [2.05, 4.69) is 29.5 Å². The van der Waals surface area contributed by atoms with Crippen molar-refractivity contribution in [2.24, 2.45) is 10.9 Å². The molecule has 0 aliphatic carbocycles. The van der Waals surface area contributed by atoms with E-state index in [0.717, 1.165) is 13.0 Å². The van der Waals surface area contributed by atoms with Crippen LogP contribution < -0.4 is 10.6 Å². The highest BCUT2D eigenvalue weighted by molar-refractivity contribution is 5.79. The highest BCUT2D eigenvalue weighted by Gasteiger charge is 2.28. The lowest BCUT2D eigenvalue weighted by molar-refractivity contribution is -0.143. The Kier molecular flexibility index (Phi) is 11.9. The van der Waals surface area contributed by atoms with Gasteiger partial charge in [0.05, 0.1) is 13.2 Å². The van der Waals surface area contributed by atoms with E-state index >= 15 is 0 Å². The lowest BCUT2D eigenvalue weighted by atomic mass is 10.1. The van der Waals surface area contributed by atoms with Gasteiger partial charge in [0.25, 0.3) is 0 Å². The second kappa shape index (κ2) is 12.4. The van der Waals surface area contributed by atoms with Crippen LogP contribution in [0.4, 0.5) is 13.2 Å². The molecule has 138 valence electrons. The van der Waals surface area contributed by atoms with Crippen LogP contribution in [0.15, 0.2) is 4.99 Å². The summed E-state index contributed by atoms with van der Waals surface area (Å²) < 4.78 is 42.0. The monoisotopic (exact) mass is 340 g/mol. The number of alkyl halides is 3. The second-order valence-corrected chi connectivity index (χ2v) is 5.93. The molecule has 0 amide bonds. The van der Waals surface area contributed by atoms with Crippen LogP contribution in [-0.2, 0) is 4.74 Å². The molecule has 0 bridgehead atoms. The van der Waals surface area contributed by atoms with Crippen LogP contribution in [0.3, 0.4) is 0 Å². The molecule has 0 radical (unpaired) electrons. The zero-order valence-corrected chi connectivity index (χ0v) is 14.7. The third kappa shape index (κ3) is 15.6. The topological polar surface area (TPSA) is 48.9 Å². The number of nitrogens with one attached hydrogen (secondary N) is 2. The maximum absolute atomic E-state index is 12.2. The van der Waals surface area contributed by atoms with Gasteiger partial charge in [-0.15, -0.1) is 0 Å². The quantitative estimate of drug-likeness (QED) is 0.344. The summed E-state index contributed by atoms with van der Waals surface area (Å²) in [5, 5.41) is 6.18. The van der Waals surface area contributed by atoms with E-state index < -0.39 is 12.7 Å². The van der Waals surface area contributed by atoms with Crippen molar-refractivity contribution in [3.63, 3.8) is 0 Å². The van der Waals surface area contributed by atoms with Crippen molar-refractivity contribution in [1.29, 1.82) is 0 Å². The first kappa shape index (κ1) is 22.0. The van der Waals surface area contributed by atoms with Crippen molar-refractivity contribution < 1.29 is 17.9 Å². The molecule has 0 aromatic rings. The van der Waals surface area contributed by atoms with Gasteiger partial charge < -0.3 is 15.4 Å². The summed E-state index contributed by atoms with van der Waals surface area (Å²) in [7, 11) is 3.12. The van der Waals surface area contributed by atoms with Gasteiger partial charge in [0.15, 0.2) is 5.96 Å². The molecule has 0 aromatic carbocycles. The van der Waals surface area contributed by atoms with E-state index in [1.807, 2.05) is 0 Å². The lowest BCUT2D eigenvalue weighted by Crippen LogP contribution is -2.40. The maximum atomic E-state index is 12.2. The van der Waals surface area contributed by atoms with Crippen LogP contribution in [0.5, 0.6) is 0 Å². The van der Waals surface area contributed by atoms with Gasteiger partial charge in [0, 0.05) is 26.7 Å². The van der Waals surface area contributed by atoms with Gasteiger partial charge in [0.1, 0.15) is 0 Å². The number of aliphatic imine (C=N–C) groups is 1. The number of hydrogen-bond donors (Lipinski definition) is 2. The van der Waals surface area contributed by atoms with E-state index in [0.29, 0.717) is 44.5 Å². The highest BCUT2D eigenvalue weighted by Crippen LogP contribution is 2.15. The van der Waals surface area contributed by atoms with Gasteiger partial charge in [-0.3, -0.25) is 9.89 Å². The van der Waals surface area contributed by atoms with Crippen molar-refractivity contribution in [3.05, 3.63) is 0 Å². The Bertz CT molecular complexity index is 322. The summed E-state index contributed by atoms with van der Waals surface area (Å²) in [6.45, 7) is 6.36. The molecule has 8 heteroatoms. The molecule has 0 spiro atoms. The fourth-order valence-corrected chi connectivity index (χ4v) is 1.82. The van der Waals surface area contributed by atoms with Crippen LogP contribution in [0, 0.1) is 5.92 Å². The third-order valence-electron chi connectivity index (χ3n) is 3.06. The predicted octanol–water partition coefficient (Wildman–Crippen LogP) is 2.10. The molecule has 0 saturated carbocycles. The Morgan fingerprint density at radius 2 is 1.83 bits per heavy atom. The molecule has 0 unspecified atom stereocenters. The van der Waals surface area contributed by atoms with Gasteiger partial charge in [0.2, 0.25) is 0 Å². The summed E-state index contributed by atoms with van der Waals surface area (Å²) in [4.78, 5) is 5.32. The third-order valence-corrected chi connectivity index (χ3v) is 3.06.